The van der Waals surface area contributed by atoms with Gasteiger partial charge in [0, 0.05) is 33.5 Å². The van der Waals surface area contributed by atoms with Crippen molar-refractivity contribution in [3.63, 3.8) is 0 Å². The van der Waals surface area contributed by atoms with Crippen LogP contribution < -0.4 is 20.7 Å². The lowest BCUT2D eigenvalue weighted by Gasteiger charge is -2.16. The fraction of sp³-hybridized carbons (Fsp3) is 0.194. The summed E-state index contributed by atoms with van der Waals surface area (Å²) in [6, 6.07) is 28.1. The summed E-state index contributed by atoms with van der Waals surface area (Å²) in [6.07, 6.45) is 2.09. The van der Waals surface area contributed by atoms with Gasteiger partial charge in [0.1, 0.15) is 17.2 Å². The van der Waals surface area contributed by atoms with Gasteiger partial charge >= 0.3 is 0 Å². The van der Waals surface area contributed by atoms with Crippen LogP contribution in [0, 0.1) is 0 Å². The van der Waals surface area contributed by atoms with Gasteiger partial charge in [0.2, 0.25) is 5.91 Å². The van der Waals surface area contributed by atoms with Crippen molar-refractivity contribution in [1.82, 2.24) is 5.32 Å². The molecule has 45 heavy (non-hydrogen) atoms. The molecule has 0 fully saturated rings. The minimum atomic E-state index is -0.564. The number of benzene rings is 4. The van der Waals surface area contributed by atoms with Gasteiger partial charge in [-0.2, -0.15) is 0 Å². The molecule has 0 aliphatic rings. The lowest BCUT2D eigenvalue weighted by molar-refractivity contribution is -0.116. The highest BCUT2D eigenvalue weighted by atomic mass is 32.2. The number of hydrogen-bond donors (Lipinski definition) is 4. The molecule has 0 spiro atoms. The first-order chi connectivity index (χ1) is 21.7. The zero-order chi connectivity index (χ0) is 32.3. The number of carbonyl (C=O) groups is 3. The van der Waals surface area contributed by atoms with Gasteiger partial charge in [-0.1, -0.05) is 57.2 Å². The van der Waals surface area contributed by atoms with Crippen molar-refractivity contribution < 1.29 is 24.2 Å². The van der Waals surface area contributed by atoms with Crippen molar-refractivity contribution in [3.8, 4) is 11.5 Å². The van der Waals surface area contributed by atoms with E-state index in [0.717, 1.165) is 10.6 Å². The predicted octanol–water partition coefficient (Wildman–Crippen LogP) is 7.44. The molecular formula is C36H37N3O5S. The third kappa shape index (κ3) is 9.23. The van der Waals surface area contributed by atoms with Gasteiger partial charge in [0.25, 0.3) is 11.8 Å². The van der Waals surface area contributed by atoms with Gasteiger partial charge in [-0.15, -0.1) is 11.8 Å². The van der Waals surface area contributed by atoms with Crippen molar-refractivity contribution in [2.45, 2.75) is 43.3 Å². The lowest BCUT2D eigenvalue weighted by atomic mass is 10.0. The molecule has 3 amide bonds. The molecule has 4 aromatic carbocycles. The molecule has 0 radical (unpaired) electrons. The number of rotatable bonds is 12. The Labute approximate surface area is 267 Å². The minimum Gasteiger partial charge on any atom is -0.508 e. The molecule has 8 nitrogen and oxygen atoms in total. The average Bonchev–Trinajstić information content (AvgIpc) is 3.04. The number of phenolic OH excluding ortho intramolecular Hbond substituents is 1. The molecule has 0 saturated carbocycles. The van der Waals surface area contributed by atoms with Crippen LogP contribution >= 0.6 is 11.8 Å². The first kappa shape index (κ1) is 32.9. The van der Waals surface area contributed by atoms with E-state index in [9.17, 15) is 19.5 Å². The number of phenols is 1. The Morgan fingerprint density at radius 1 is 0.867 bits per heavy atom. The maximum absolute atomic E-state index is 13.6. The van der Waals surface area contributed by atoms with Gasteiger partial charge in [0.15, 0.2) is 0 Å². The first-order valence-electron chi connectivity index (χ1n) is 14.6. The van der Waals surface area contributed by atoms with E-state index in [1.54, 1.807) is 54.6 Å². The third-order valence-electron chi connectivity index (χ3n) is 6.92. The number of thioether (sulfide) groups is 1. The van der Waals surface area contributed by atoms with E-state index in [0.29, 0.717) is 34.9 Å². The van der Waals surface area contributed by atoms with E-state index >= 15 is 0 Å². The summed E-state index contributed by atoms with van der Waals surface area (Å²) in [6.45, 7) is 6.20. The molecular weight excluding hydrogens is 586 g/mol. The number of anilines is 2. The Kier molecular flexibility index (Phi) is 11.4. The van der Waals surface area contributed by atoms with Crippen LogP contribution in [0.15, 0.2) is 108 Å². The van der Waals surface area contributed by atoms with Crippen LogP contribution in [0.5, 0.6) is 11.5 Å². The topological polar surface area (TPSA) is 117 Å². The average molecular weight is 624 g/mol. The van der Waals surface area contributed by atoms with Crippen LogP contribution in [-0.2, 0) is 9.59 Å². The van der Waals surface area contributed by atoms with E-state index in [1.165, 1.54) is 42.6 Å². The normalized spacial score (nSPS) is 11.9. The van der Waals surface area contributed by atoms with Crippen LogP contribution in [0.3, 0.4) is 0 Å². The summed E-state index contributed by atoms with van der Waals surface area (Å²) >= 11 is 1.40. The fourth-order valence-corrected chi connectivity index (χ4v) is 5.44. The van der Waals surface area contributed by atoms with E-state index < -0.39 is 11.8 Å². The molecule has 0 saturated heterocycles. The third-order valence-corrected chi connectivity index (χ3v) is 8.28. The van der Waals surface area contributed by atoms with Crippen molar-refractivity contribution in [1.29, 1.82) is 0 Å². The maximum Gasteiger partial charge on any atom is 0.272 e. The number of amides is 3. The second-order valence-electron chi connectivity index (χ2n) is 10.6. The highest BCUT2D eigenvalue weighted by Crippen LogP contribution is 2.30. The molecule has 232 valence electrons. The summed E-state index contributed by atoms with van der Waals surface area (Å²) in [5, 5.41) is 18.1. The number of ether oxygens (including phenoxy) is 1. The van der Waals surface area contributed by atoms with Gasteiger partial charge in [-0.05, 0) is 78.6 Å². The molecule has 1 atom stereocenters. The minimum absolute atomic E-state index is 0.000681. The SMILES string of the molecule is CCC(Sc1cccc(NC(=O)/C(=C\c2ccc(O)cc2OC)NC(=O)c2ccccc2)c1)C(=O)Nc1ccc(C(C)C)cc1. The van der Waals surface area contributed by atoms with Gasteiger partial charge in [0.05, 0.1) is 12.4 Å². The van der Waals surface area contributed by atoms with E-state index in [4.69, 9.17) is 4.74 Å². The summed E-state index contributed by atoms with van der Waals surface area (Å²) in [4.78, 5) is 40.5. The quantitative estimate of drug-likeness (QED) is 0.0963. The van der Waals surface area contributed by atoms with E-state index in [-0.39, 0.29) is 22.6 Å². The smallest absolute Gasteiger partial charge is 0.272 e. The number of carbonyl (C=O) groups excluding carboxylic acids is 3. The molecule has 9 heteroatoms. The molecule has 0 aromatic heterocycles. The Balaban J connectivity index is 1.51. The number of aromatic hydroxyl groups is 1. The monoisotopic (exact) mass is 623 g/mol. The number of methoxy groups -OCH3 is 1. The Morgan fingerprint density at radius 3 is 2.27 bits per heavy atom. The lowest BCUT2D eigenvalue weighted by Crippen LogP contribution is -2.30. The maximum atomic E-state index is 13.6. The van der Waals surface area contributed by atoms with Crippen molar-refractivity contribution in [2.24, 2.45) is 0 Å². The van der Waals surface area contributed by atoms with Gasteiger partial charge < -0.3 is 25.8 Å². The molecule has 4 N–H and O–H groups in total. The zero-order valence-corrected chi connectivity index (χ0v) is 26.5. The van der Waals surface area contributed by atoms with Crippen molar-refractivity contribution >= 4 is 46.9 Å². The second-order valence-corrected chi connectivity index (χ2v) is 11.8. The van der Waals surface area contributed by atoms with Gasteiger partial charge in [-0.25, -0.2) is 0 Å². The molecule has 0 aliphatic heterocycles. The Hall–Kier alpha value is -5.02. The summed E-state index contributed by atoms with van der Waals surface area (Å²) in [5.41, 5.74) is 3.27. The second kappa shape index (κ2) is 15.6. The molecule has 0 aliphatic carbocycles. The highest BCUT2D eigenvalue weighted by molar-refractivity contribution is 8.00. The van der Waals surface area contributed by atoms with Crippen LogP contribution in [0.1, 0.15) is 54.6 Å². The van der Waals surface area contributed by atoms with Crippen molar-refractivity contribution in [2.75, 3.05) is 17.7 Å². The fourth-order valence-electron chi connectivity index (χ4n) is 4.42. The molecule has 0 bridgehead atoms. The number of hydrogen-bond acceptors (Lipinski definition) is 6. The zero-order valence-electron chi connectivity index (χ0n) is 25.7. The molecule has 0 heterocycles. The molecule has 4 aromatic rings. The van der Waals surface area contributed by atoms with Crippen LogP contribution in [-0.4, -0.2) is 35.2 Å². The Bertz CT molecular complexity index is 1670. The first-order valence-corrected chi connectivity index (χ1v) is 15.5. The van der Waals surface area contributed by atoms with Crippen molar-refractivity contribution in [3.05, 3.63) is 119 Å². The predicted molar refractivity (Wildman–Crippen MR) is 181 cm³/mol. The summed E-state index contributed by atoms with van der Waals surface area (Å²) in [5.74, 6) is -0.399. The van der Waals surface area contributed by atoms with E-state index in [2.05, 4.69) is 29.8 Å². The van der Waals surface area contributed by atoms with Crippen LogP contribution in [0.25, 0.3) is 6.08 Å². The van der Waals surface area contributed by atoms with E-state index in [1.807, 2.05) is 37.3 Å². The number of nitrogens with one attached hydrogen (secondary N) is 3. The van der Waals surface area contributed by atoms with Gasteiger partial charge in [-0.3, -0.25) is 14.4 Å². The van der Waals surface area contributed by atoms with Crippen LogP contribution in [0.2, 0.25) is 0 Å². The summed E-state index contributed by atoms with van der Waals surface area (Å²) < 4.78 is 5.36. The highest BCUT2D eigenvalue weighted by Gasteiger charge is 2.20. The molecule has 1 unspecified atom stereocenters. The Morgan fingerprint density at radius 2 is 1.60 bits per heavy atom. The van der Waals surface area contributed by atoms with Crippen LogP contribution in [0.4, 0.5) is 11.4 Å². The summed E-state index contributed by atoms with van der Waals surface area (Å²) in [7, 11) is 1.45. The molecule has 4 rings (SSSR count). The largest absolute Gasteiger partial charge is 0.508 e. The standard InChI is InChI=1S/C36H37N3O5S/c1-5-33(36(43)37-27-17-14-24(15-18-27)23(2)3)45-30-13-9-12-28(21-30)38-35(42)31(39-34(41)25-10-7-6-8-11-25)20-26-16-19-29(40)22-32(26)44-4/h6-23,33,40H,5H2,1-4H3,(H,37,43)(H,38,42)(H,39,41)/b31-20+.